The molecule has 4 nitrogen and oxygen atoms in total. The maximum atomic E-state index is 5.50. The molecule has 2 aromatic heterocycles. The number of H-pyrrole nitrogens is 1. The molecule has 0 aliphatic heterocycles. The third kappa shape index (κ3) is 1.98. The third-order valence-corrected chi connectivity index (χ3v) is 1.33. The number of rotatable bonds is 0. The number of nitrogens with one attached hydrogen (secondary N) is 1. The normalized spacial score (nSPS) is 9.55. The monoisotopic (exact) mass is 193 g/mol. The first kappa shape index (κ1) is 9.56. The maximum Gasteiger partial charge on any atom is 0.224 e. The molecule has 0 fully saturated rings. The van der Waals surface area contributed by atoms with Crippen molar-refractivity contribution >= 4 is 74.1 Å². The van der Waals surface area contributed by atoms with E-state index in [4.69, 9.17) is 11.6 Å². The number of halogens is 1. The summed E-state index contributed by atoms with van der Waals surface area (Å²) in [6.07, 6.45) is 3.15. The largest absolute Gasteiger partial charge is 0.342 e. The van der Waals surface area contributed by atoms with Crippen molar-refractivity contribution in [3.05, 3.63) is 17.8 Å². The molecule has 2 rings (SSSR count). The van der Waals surface area contributed by atoms with Gasteiger partial charge in [-0.3, -0.25) is 0 Å². The average Bonchev–Trinajstić information content (AvgIpc) is 2.33. The van der Waals surface area contributed by atoms with Gasteiger partial charge in [-0.05, 0) is 11.6 Å². The fourth-order valence-corrected chi connectivity index (χ4v) is 0.844. The number of nitrogens with zero attached hydrogens (tertiary/aromatic N) is 3. The van der Waals surface area contributed by atoms with Gasteiger partial charge >= 0.3 is 0 Å². The number of imidazole rings is 1. The van der Waals surface area contributed by atoms with Crippen LogP contribution in [0.2, 0.25) is 5.28 Å². The van der Waals surface area contributed by atoms with E-state index in [2.05, 4.69) is 19.9 Å². The standard InChI is InChI=1S/C5H3ClN4.K/c6-5-7-1-3-4(10-5)9-2-8-3;/h1-2H,(H,7,8,9,10);. The minimum atomic E-state index is 0. The van der Waals surface area contributed by atoms with Gasteiger partial charge in [0.25, 0.3) is 0 Å². The summed E-state index contributed by atoms with van der Waals surface area (Å²) in [6, 6.07) is 0. The summed E-state index contributed by atoms with van der Waals surface area (Å²) in [5.74, 6) is 0. The molecule has 0 saturated heterocycles. The quantitative estimate of drug-likeness (QED) is 0.493. The summed E-state index contributed by atoms with van der Waals surface area (Å²) in [4.78, 5) is 14.4. The predicted octanol–water partition coefficient (Wildman–Crippen LogP) is 0.625. The van der Waals surface area contributed by atoms with Crippen LogP contribution in [0.15, 0.2) is 12.5 Å². The van der Waals surface area contributed by atoms with E-state index in [1.165, 1.54) is 0 Å². The van der Waals surface area contributed by atoms with E-state index in [1.807, 2.05) is 0 Å². The molecule has 6 heteroatoms. The first-order valence-corrected chi connectivity index (χ1v) is 3.06. The Morgan fingerprint density at radius 3 is 3.00 bits per heavy atom. The molecule has 11 heavy (non-hydrogen) atoms. The molecule has 0 unspecified atom stereocenters. The number of hydrogen-bond acceptors (Lipinski definition) is 3. The van der Waals surface area contributed by atoms with Gasteiger partial charge in [0.2, 0.25) is 5.28 Å². The van der Waals surface area contributed by atoms with Crippen LogP contribution in [0.4, 0.5) is 0 Å². The molecule has 1 N–H and O–H groups in total. The van der Waals surface area contributed by atoms with E-state index in [0.29, 0.717) is 5.65 Å². The Hall–Kier alpha value is 0.476. The van der Waals surface area contributed by atoms with E-state index < -0.39 is 0 Å². The van der Waals surface area contributed by atoms with Crippen LogP contribution in [0.25, 0.3) is 11.2 Å². The molecule has 0 saturated carbocycles. The van der Waals surface area contributed by atoms with Crippen molar-refractivity contribution in [1.82, 2.24) is 19.9 Å². The van der Waals surface area contributed by atoms with Crippen LogP contribution in [-0.2, 0) is 0 Å². The van der Waals surface area contributed by atoms with Crippen LogP contribution in [0.5, 0.6) is 0 Å². The summed E-state index contributed by atoms with van der Waals surface area (Å²) >= 11 is 5.50. The predicted molar refractivity (Wildman–Crippen MR) is 42.4 cm³/mol. The molecule has 2 aromatic rings. The summed E-state index contributed by atoms with van der Waals surface area (Å²) in [5.41, 5.74) is 1.39. The molecule has 1 radical (unpaired) electrons. The Morgan fingerprint density at radius 1 is 1.36 bits per heavy atom. The van der Waals surface area contributed by atoms with Crippen LogP contribution >= 0.6 is 11.6 Å². The first-order valence-electron chi connectivity index (χ1n) is 2.68. The summed E-state index contributed by atoms with van der Waals surface area (Å²) < 4.78 is 0. The molecule has 0 aliphatic carbocycles. The molecular weight excluding hydrogens is 191 g/mol. The Labute approximate surface area is 110 Å². The van der Waals surface area contributed by atoms with Gasteiger partial charge in [-0.2, -0.15) is 4.98 Å². The Kier molecular flexibility index (Phi) is 3.41. The zero-order valence-corrected chi connectivity index (χ0v) is 9.75. The maximum absolute atomic E-state index is 5.50. The van der Waals surface area contributed by atoms with Crippen LogP contribution in [0, 0.1) is 0 Å². The smallest absolute Gasteiger partial charge is 0.224 e. The minimum absolute atomic E-state index is 0. The minimum Gasteiger partial charge on any atom is -0.342 e. The van der Waals surface area contributed by atoms with Crippen molar-refractivity contribution in [2.45, 2.75) is 0 Å². The fraction of sp³-hybridized carbons (Fsp3) is 0. The van der Waals surface area contributed by atoms with Gasteiger partial charge in [-0.25, -0.2) is 9.97 Å². The topological polar surface area (TPSA) is 54.5 Å². The molecule has 0 aromatic carbocycles. The zero-order chi connectivity index (χ0) is 6.97. The second-order valence-electron chi connectivity index (χ2n) is 1.78. The van der Waals surface area contributed by atoms with Gasteiger partial charge in [-0.15, -0.1) is 0 Å². The van der Waals surface area contributed by atoms with E-state index in [1.54, 1.807) is 12.5 Å². The van der Waals surface area contributed by atoms with E-state index in [9.17, 15) is 0 Å². The van der Waals surface area contributed by atoms with Gasteiger partial charge in [0.15, 0.2) is 5.65 Å². The average molecular weight is 194 g/mol. The SMILES string of the molecule is Clc1ncc2[nH]cnc2n1.[K]. The molecule has 0 atom stereocenters. The van der Waals surface area contributed by atoms with Gasteiger partial charge < -0.3 is 4.98 Å². The summed E-state index contributed by atoms with van der Waals surface area (Å²) in [5, 5.41) is 0.222. The Bertz CT molecular complexity index is 360. The van der Waals surface area contributed by atoms with Crippen molar-refractivity contribution < 1.29 is 0 Å². The van der Waals surface area contributed by atoms with Gasteiger partial charge in [-0.1, -0.05) is 0 Å². The van der Waals surface area contributed by atoms with Gasteiger partial charge in [0.1, 0.15) is 5.52 Å². The molecule has 0 amide bonds. The fourth-order valence-electron chi connectivity index (χ4n) is 0.715. The third-order valence-electron chi connectivity index (χ3n) is 1.15. The number of aromatic nitrogens is 4. The Morgan fingerprint density at radius 2 is 2.18 bits per heavy atom. The van der Waals surface area contributed by atoms with Gasteiger partial charge in [0, 0.05) is 51.4 Å². The second kappa shape index (κ2) is 3.93. The molecular formula is C5H3ClKN4. The summed E-state index contributed by atoms with van der Waals surface area (Å²) in [6.45, 7) is 0. The van der Waals surface area contributed by atoms with Gasteiger partial charge in [0.05, 0.1) is 12.5 Å². The first-order chi connectivity index (χ1) is 4.86. The Balaban J connectivity index is 0.000000605. The van der Waals surface area contributed by atoms with E-state index >= 15 is 0 Å². The summed E-state index contributed by atoms with van der Waals surface area (Å²) in [7, 11) is 0. The van der Waals surface area contributed by atoms with Crippen LogP contribution < -0.4 is 0 Å². The molecule has 51 valence electrons. The molecule has 0 spiro atoms. The van der Waals surface area contributed by atoms with Crippen LogP contribution in [0.3, 0.4) is 0 Å². The number of hydrogen-bond donors (Lipinski definition) is 1. The van der Waals surface area contributed by atoms with E-state index in [0.717, 1.165) is 5.52 Å². The van der Waals surface area contributed by atoms with Crippen molar-refractivity contribution in [2.75, 3.05) is 0 Å². The van der Waals surface area contributed by atoms with E-state index in [-0.39, 0.29) is 56.7 Å². The van der Waals surface area contributed by atoms with Crippen molar-refractivity contribution in [1.29, 1.82) is 0 Å². The van der Waals surface area contributed by atoms with Crippen molar-refractivity contribution in [3.63, 3.8) is 0 Å². The van der Waals surface area contributed by atoms with Crippen LogP contribution in [-0.4, -0.2) is 71.3 Å². The molecule has 0 bridgehead atoms. The number of fused-ring (bicyclic) bond motifs is 1. The zero-order valence-electron chi connectivity index (χ0n) is 5.87. The molecule has 2 heterocycles. The second-order valence-corrected chi connectivity index (χ2v) is 2.12. The number of aromatic amines is 1. The molecule has 0 aliphatic rings. The van der Waals surface area contributed by atoms with Crippen molar-refractivity contribution in [3.8, 4) is 0 Å². The van der Waals surface area contributed by atoms with Crippen molar-refractivity contribution in [2.24, 2.45) is 0 Å². The van der Waals surface area contributed by atoms with Crippen LogP contribution in [0.1, 0.15) is 0 Å².